The van der Waals surface area contributed by atoms with Crippen LogP contribution in [-0.2, 0) is 9.59 Å². The topological polar surface area (TPSA) is 73.7 Å². The van der Waals surface area contributed by atoms with Gasteiger partial charge >= 0.3 is 0 Å². The summed E-state index contributed by atoms with van der Waals surface area (Å²) in [6.45, 7) is 3.78. The highest BCUT2D eigenvalue weighted by molar-refractivity contribution is 6.51. The maximum Gasteiger partial charge on any atom is 0.300 e. The largest absolute Gasteiger partial charge is 0.507 e. The van der Waals surface area contributed by atoms with Crippen LogP contribution in [0.5, 0.6) is 0 Å². The molecule has 4 rings (SSSR count). The number of hydrogen-bond acceptors (Lipinski definition) is 5. The van der Waals surface area contributed by atoms with Gasteiger partial charge in [0, 0.05) is 37.2 Å². The first-order chi connectivity index (χ1) is 15.3. The van der Waals surface area contributed by atoms with Crippen molar-refractivity contribution in [1.29, 1.82) is 0 Å². The fraction of sp³-hybridized carbons (Fsp3) is 0.192. The molecule has 0 bridgehead atoms. The van der Waals surface area contributed by atoms with Crippen LogP contribution in [0.15, 0.2) is 72.4 Å². The molecule has 0 saturated carbocycles. The first kappa shape index (κ1) is 21.3. The Morgan fingerprint density at radius 2 is 1.72 bits per heavy atom. The summed E-state index contributed by atoms with van der Waals surface area (Å²) < 4.78 is 0. The lowest BCUT2D eigenvalue weighted by molar-refractivity contribution is -0.132. The average Bonchev–Trinajstić information content (AvgIpc) is 3.06. The second-order valence-electron chi connectivity index (χ2n) is 8.15. The Morgan fingerprint density at radius 3 is 2.34 bits per heavy atom. The molecule has 1 unspecified atom stereocenters. The van der Waals surface area contributed by atoms with Gasteiger partial charge in [-0.05, 0) is 61.9 Å². The van der Waals surface area contributed by atoms with Crippen LogP contribution < -0.4 is 9.80 Å². The third-order valence-corrected chi connectivity index (χ3v) is 5.70. The Bertz CT molecular complexity index is 1210. The second kappa shape index (κ2) is 8.30. The van der Waals surface area contributed by atoms with Crippen LogP contribution in [0, 0.1) is 13.8 Å². The Balaban J connectivity index is 1.93. The number of nitrogens with zero attached hydrogens (tertiary/aromatic N) is 3. The monoisotopic (exact) mass is 427 g/mol. The molecule has 6 heteroatoms. The van der Waals surface area contributed by atoms with Crippen LogP contribution in [0.25, 0.3) is 5.76 Å². The zero-order valence-electron chi connectivity index (χ0n) is 18.5. The number of ketones is 1. The molecule has 1 saturated heterocycles. The van der Waals surface area contributed by atoms with Gasteiger partial charge in [0.15, 0.2) is 0 Å². The molecule has 1 aliphatic rings. The zero-order valence-corrected chi connectivity index (χ0v) is 18.5. The molecule has 0 aliphatic carbocycles. The van der Waals surface area contributed by atoms with Gasteiger partial charge in [-0.1, -0.05) is 23.8 Å². The summed E-state index contributed by atoms with van der Waals surface area (Å²) in [5.74, 6) is -1.60. The van der Waals surface area contributed by atoms with Gasteiger partial charge in [0.1, 0.15) is 11.8 Å². The Morgan fingerprint density at radius 1 is 1.00 bits per heavy atom. The van der Waals surface area contributed by atoms with E-state index in [-0.39, 0.29) is 11.3 Å². The zero-order chi connectivity index (χ0) is 23.0. The van der Waals surface area contributed by atoms with E-state index in [0.29, 0.717) is 16.9 Å². The smallest absolute Gasteiger partial charge is 0.300 e. The van der Waals surface area contributed by atoms with Gasteiger partial charge in [0.2, 0.25) is 0 Å². The fourth-order valence-corrected chi connectivity index (χ4v) is 3.96. The predicted octanol–water partition coefficient (Wildman–Crippen LogP) is 4.39. The SMILES string of the molecule is Cc1ccc(C)c(/C(O)=C2\C(=O)C(=O)N(c3ccc(N(C)C)cc3)C2c2ccccn2)c1. The molecule has 2 heterocycles. The molecule has 32 heavy (non-hydrogen) atoms. The van der Waals surface area contributed by atoms with Crippen molar-refractivity contribution in [2.45, 2.75) is 19.9 Å². The van der Waals surface area contributed by atoms with Crippen LogP contribution in [0.1, 0.15) is 28.4 Å². The van der Waals surface area contributed by atoms with E-state index in [1.165, 1.54) is 4.90 Å². The summed E-state index contributed by atoms with van der Waals surface area (Å²) in [6, 6.07) is 17.5. The van der Waals surface area contributed by atoms with Crippen molar-refractivity contribution in [3.05, 3.63) is 94.8 Å². The minimum atomic E-state index is -0.832. The maximum absolute atomic E-state index is 13.2. The third kappa shape index (κ3) is 3.64. The van der Waals surface area contributed by atoms with Crippen molar-refractivity contribution < 1.29 is 14.7 Å². The number of rotatable bonds is 4. The Hall–Kier alpha value is -3.93. The minimum absolute atomic E-state index is 0.0408. The van der Waals surface area contributed by atoms with Gasteiger partial charge in [0.25, 0.3) is 11.7 Å². The summed E-state index contributed by atoms with van der Waals surface area (Å²) in [4.78, 5) is 34.2. The van der Waals surface area contributed by atoms with Crippen molar-refractivity contribution in [3.8, 4) is 0 Å². The van der Waals surface area contributed by atoms with E-state index in [1.807, 2.05) is 63.2 Å². The van der Waals surface area contributed by atoms with Crippen LogP contribution in [0.3, 0.4) is 0 Å². The lowest BCUT2D eigenvalue weighted by Gasteiger charge is -2.25. The van der Waals surface area contributed by atoms with Crippen LogP contribution in [0.4, 0.5) is 11.4 Å². The molecule has 0 radical (unpaired) electrons. The van der Waals surface area contributed by atoms with Gasteiger partial charge in [0.05, 0.1) is 11.3 Å². The summed E-state index contributed by atoms with van der Waals surface area (Å²) in [5, 5.41) is 11.3. The van der Waals surface area contributed by atoms with E-state index in [1.54, 1.807) is 36.5 Å². The molecule has 6 nitrogen and oxygen atoms in total. The van der Waals surface area contributed by atoms with Crippen molar-refractivity contribution in [2.24, 2.45) is 0 Å². The molecule has 2 aromatic carbocycles. The molecular weight excluding hydrogens is 402 g/mol. The molecule has 3 aromatic rings. The van der Waals surface area contributed by atoms with Gasteiger partial charge in [-0.25, -0.2) is 0 Å². The Kier molecular flexibility index (Phi) is 5.53. The molecule has 1 amide bonds. The predicted molar refractivity (Wildman–Crippen MR) is 126 cm³/mol. The van der Waals surface area contributed by atoms with E-state index in [2.05, 4.69) is 4.98 Å². The van der Waals surface area contributed by atoms with Crippen molar-refractivity contribution in [1.82, 2.24) is 4.98 Å². The second-order valence-corrected chi connectivity index (χ2v) is 8.15. The number of aromatic nitrogens is 1. The number of carbonyl (C=O) groups is 2. The van der Waals surface area contributed by atoms with E-state index >= 15 is 0 Å². The minimum Gasteiger partial charge on any atom is -0.507 e. The molecule has 1 fully saturated rings. The molecule has 1 N–H and O–H groups in total. The first-order valence-corrected chi connectivity index (χ1v) is 10.4. The molecular formula is C26H25N3O3. The summed E-state index contributed by atoms with van der Waals surface area (Å²) in [5.41, 5.74) is 4.37. The van der Waals surface area contributed by atoms with Gasteiger partial charge in [-0.3, -0.25) is 19.5 Å². The van der Waals surface area contributed by atoms with E-state index in [9.17, 15) is 14.7 Å². The van der Waals surface area contributed by atoms with Gasteiger partial charge in [-0.15, -0.1) is 0 Å². The van der Waals surface area contributed by atoms with Crippen LogP contribution in [0.2, 0.25) is 0 Å². The highest BCUT2D eigenvalue weighted by Crippen LogP contribution is 2.42. The number of Topliss-reactive ketones (excluding diaryl/α,β-unsaturated/α-hetero) is 1. The number of aryl methyl sites for hydroxylation is 2. The number of pyridine rings is 1. The standard InChI is InChI=1S/C26H25N3O3/c1-16-8-9-17(2)20(15-16)24(30)22-23(21-7-5-6-14-27-21)29(26(32)25(22)31)19-12-10-18(11-13-19)28(3)4/h5-15,23,30H,1-4H3/b24-22+. The normalized spacial score (nSPS) is 17.6. The lowest BCUT2D eigenvalue weighted by Crippen LogP contribution is -2.29. The molecule has 1 aliphatic heterocycles. The molecule has 162 valence electrons. The number of hydrogen-bond donors (Lipinski definition) is 1. The number of aliphatic hydroxyl groups is 1. The highest BCUT2D eigenvalue weighted by Gasteiger charge is 2.47. The van der Waals surface area contributed by atoms with E-state index in [0.717, 1.165) is 16.8 Å². The van der Waals surface area contributed by atoms with E-state index < -0.39 is 17.7 Å². The number of amides is 1. The van der Waals surface area contributed by atoms with Crippen molar-refractivity contribution >= 4 is 28.8 Å². The Labute approximate surface area is 187 Å². The fourth-order valence-electron chi connectivity index (χ4n) is 3.96. The van der Waals surface area contributed by atoms with Gasteiger partial charge < -0.3 is 10.0 Å². The quantitative estimate of drug-likeness (QED) is 0.380. The number of aliphatic hydroxyl groups excluding tert-OH is 1. The summed E-state index contributed by atoms with van der Waals surface area (Å²) >= 11 is 0. The lowest BCUT2D eigenvalue weighted by atomic mass is 9.95. The first-order valence-electron chi connectivity index (χ1n) is 10.4. The maximum atomic E-state index is 13.2. The van der Waals surface area contributed by atoms with E-state index in [4.69, 9.17) is 0 Å². The van der Waals surface area contributed by atoms with Crippen LogP contribution in [-0.4, -0.2) is 35.9 Å². The van der Waals surface area contributed by atoms with Crippen molar-refractivity contribution in [2.75, 3.05) is 23.9 Å². The number of benzene rings is 2. The number of carbonyl (C=O) groups excluding carboxylic acids is 2. The third-order valence-electron chi connectivity index (χ3n) is 5.70. The van der Waals surface area contributed by atoms with Crippen LogP contribution >= 0.6 is 0 Å². The highest BCUT2D eigenvalue weighted by atomic mass is 16.3. The molecule has 1 aromatic heterocycles. The average molecular weight is 428 g/mol. The summed E-state index contributed by atoms with van der Waals surface area (Å²) in [7, 11) is 3.86. The van der Waals surface area contributed by atoms with Gasteiger partial charge in [-0.2, -0.15) is 0 Å². The molecule has 1 atom stereocenters. The molecule has 0 spiro atoms. The summed E-state index contributed by atoms with van der Waals surface area (Å²) in [6.07, 6.45) is 1.61. The number of anilines is 2. The van der Waals surface area contributed by atoms with Crippen molar-refractivity contribution in [3.63, 3.8) is 0 Å².